The van der Waals surface area contributed by atoms with Crippen molar-refractivity contribution in [2.45, 2.75) is 0 Å². The lowest BCUT2D eigenvalue weighted by atomic mass is 10.0. The maximum Gasteiger partial charge on any atom is 0.164 e. The highest BCUT2D eigenvalue weighted by atomic mass is 32.1. The second-order valence-corrected chi connectivity index (χ2v) is 34.6. The Hall–Kier alpha value is -17.5. The van der Waals surface area contributed by atoms with Crippen LogP contribution < -0.4 is 0 Å². The van der Waals surface area contributed by atoms with Gasteiger partial charge in [-0.15, -0.1) is 22.7 Å². The van der Waals surface area contributed by atoms with Crippen molar-refractivity contribution in [1.29, 1.82) is 10.5 Å². The molecule has 0 fully saturated rings. The summed E-state index contributed by atoms with van der Waals surface area (Å²) in [5.74, 6) is 2.41. The summed E-state index contributed by atoms with van der Waals surface area (Å²) in [4.78, 5) is 32.9. The number of nitrogens with zero attached hydrogens (tertiary/aromatic N) is 11. The van der Waals surface area contributed by atoms with Crippen molar-refractivity contribution in [2.75, 3.05) is 0 Å². The van der Waals surface area contributed by atoms with Crippen LogP contribution in [0.15, 0.2) is 413 Å². The van der Waals surface area contributed by atoms with Gasteiger partial charge in [-0.25, -0.2) is 34.3 Å². The molecule has 0 saturated carbocycles. The van der Waals surface area contributed by atoms with Gasteiger partial charge in [0, 0.05) is 134 Å². The van der Waals surface area contributed by atoms with Gasteiger partial charge in [-0.2, -0.15) is 10.5 Å². The number of thiophene rings is 2. The van der Waals surface area contributed by atoms with E-state index >= 15 is 0 Å². The zero-order valence-electron chi connectivity index (χ0n) is 69.9. The normalized spacial score (nSPS) is 11.5. The molecule has 0 radical (unpaired) electrons. The number of para-hydroxylation sites is 4. The lowest BCUT2D eigenvalue weighted by Gasteiger charge is -2.13. The fraction of sp³-hybridized carbons (Fsp3) is 0. The summed E-state index contributed by atoms with van der Waals surface area (Å²) >= 11 is 3.70. The van der Waals surface area contributed by atoms with E-state index in [1.807, 2.05) is 174 Å². The van der Waals surface area contributed by atoms with E-state index < -0.39 is 5.82 Å². The van der Waals surface area contributed by atoms with Crippen molar-refractivity contribution in [3.05, 3.63) is 429 Å². The average Bonchev–Trinajstić information content (AvgIpc) is 1.56. The maximum atomic E-state index is 13.9. The number of nitriles is 2. The number of benzene rings is 18. The molecule has 0 aliphatic rings. The largest absolute Gasteiger partial charge is 0.354 e. The minimum absolute atomic E-state index is 0.0539. The first-order valence-electron chi connectivity index (χ1n) is 43.2. The van der Waals surface area contributed by atoms with Crippen molar-refractivity contribution >= 4 is 150 Å². The van der Waals surface area contributed by atoms with Crippen LogP contribution in [0.5, 0.6) is 0 Å². The molecule has 15 heteroatoms. The van der Waals surface area contributed by atoms with Gasteiger partial charge in [-0.05, 0) is 156 Å². The van der Waals surface area contributed by atoms with E-state index in [9.17, 15) is 14.9 Å². The topological polar surface area (TPSA) is 155 Å². The minimum atomic E-state index is -0.575. The number of aromatic nitrogens is 10. The molecule has 18 aromatic carbocycles. The molecule has 26 aromatic rings. The molecule has 0 bridgehead atoms. The van der Waals surface area contributed by atoms with Crippen LogP contribution in [0.4, 0.5) is 4.39 Å². The number of H-pyrrole nitrogens is 1. The van der Waals surface area contributed by atoms with E-state index in [0.717, 1.165) is 105 Å². The highest BCUT2D eigenvalue weighted by molar-refractivity contribution is 7.26. The van der Waals surface area contributed by atoms with E-state index in [4.69, 9.17) is 19.9 Å². The van der Waals surface area contributed by atoms with Gasteiger partial charge in [0.1, 0.15) is 18.0 Å². The molecular weight excluding hydrogens is 1640 g/mol. The second-order valence-electron chi connectivity index (χ2n) is 32.4. The Bertz CT molecular complexity index is 9170. The number of hydrogen-bond acceptors (Lipinski definition) is 10. The molecule has 0 saturated heterocycles. The lowest BCUT2D eigenvalue weighted by molar-refractivity contribution is 0.624. The molecule has 8 aromatic heterocycles. The predicted octanol–water partition coefficient (Wildman–Crippen LogP) is 30.3. The van der Waals surface area contributed by atoms with Crippen LogP contribution in [-0.2, 0) is 0 Å². The molecule has 0 aliphatic heterocycles. The van der Waals surface area contributed by atoms with E-state index in [2.05, 4.69) is 283 Å². The summed E-state index contributed by atoms with van der Waals surface area (Å²) in [6, 6.07) is 146. The number of hydrogen-bond donors (Lipinski definition) is 1. The number of fused-ring (bicyclic) bond motifs is 20. The van der Waals surface area contributed by atoms with Gasteiger partial charge in [0.2, 0.25) is 0 Å². The third kappa shape index (κ3) is 13.5. The molecular formula is C116H69FN12S2. The molecule has 0 spiro atoms. The average molecular weight is 1710 g/mol. The van der Waals surface area contributed by atoms with E-state index in [1.54, 1.807) is 6.07 Å². The van der Waals surface area contributed by atoms with Crippen LogP contribution in [-0.4, -0.2) is 48.6 Å². The summed E-state index contributed by atoms with van der Waals surface area (Å²) in [6.45, 7) is 0. The Kier molecular flexibility index (Phi) is 19.0. The van der Waals surface area contributed by atoms with Crippen molar-refractivity contribution in [1.82, 2.24) is 48.6 Å². The fourth-order valence-corrected chi connectivity index (χ4v) is 20.9. The Morgan fingerprint density at radius 2 is 0.618 bits per heavy atom. The molecule has 612 valence electrons. The number of halogens is 1. The summed E-state index contributed by atoms with van der Waals surface area (Å²) in [5, 5.41) is 35.2. The van der Waals surface area contributed by atoms with E-state index in [1.165, 1.54) is 102 Å². The first kappa shape index (κ1) is 77.1. The third-order valence-corrected chi connectivity index (χ3v) is 27.1. The first-order valence-corrected chi connectivity index (χ1v) is 44.8. The molecule has 0 unspecified atom stereocenters. The van der Waals surface area contributed by atoms with Crippen LogP contribution in [0, 0.1) is 28.5 Å². The zero-order chi connectivity index (χ0) is 87.2. The van der Waals surface area contributed by atoms with Crippen LogP contribution in [0.3, 0.4) is 0 Å². The minimum Gasteiger partial charge on any atom is -0.354 e. The monoisotopic (exact) mass is 1710 g/mol. The molecule has 0 atom stereocenters. The smallest absolute Gasteiger partial charge is 0.164 e. The first-order chi connectivity index (χ1) is 64.8. The van der Waals surface area contributed by atoms with Crippen LogP contribution >= 0.6 is 22.7 Å². The summed E-state index contributed by atoms with van der Waals surface area (Å²) in [5.41, 5.74) is 21.7. The summed E-state index contributed by atoms with van der Waals surface area (Å²) in [6.07, 6.45) is 0. The SMILES string of the molecule is N#Cc1cc(-c2nc(-c3ccccc3)nc(-c3cccc(-c4ccccc4)c3)n2)ccc1-n1c2ccccc2c2ccc3c(c4ccccc4n3-c3ccc4sc5ccccc5c4c3)c21.N#Cc1cc(-c2nc(-c3ccccc3)nc(-c3cccc(-c4ccccc4)c3)n2)ccc1F.c1ccc2c(c1)[nH]c1c2ccc2c1c1ccccc1n2-c1ccc2sc3ccccc3c2c1. The predicted molar refractivity (Wildman–Crippen MR) is 537 cm³/mol. The quantitative estimate of drug-likeness (QED) is 0.134. The van der Waals surface area contributed by atoms with Crippen molar-refractivity contribution in [3.8, 4) is 120 Å². The summed E-state index contributed by atoms with van der Waals surface area (Å²) < 4.78 is 26.2. The van der Waals surface area contributed by atoms with Crippen LogP contribution in [0.2, 0.25) is 0 Å². The van der Waals surface area contributed by atoms with E-state index in [0.29, 0.717) is 46.1 Å². The number of nitrogens with one attached hydrogen (secondary N) is 1. The molecule has 26 rings (SSSR count). The number of rotatable bonds is 11. The Morgan fingerprint density at radius 3 is 1.13 bits per heavy atom. The Balaban J connectivity index is 0.000000120. The molecule has 131 heavy (non-hydrogen) atoms. The van der Waals surface area contributed by atoms with Crippen molar-refractivity contribution in [3.63, 3.8) is 0 Å². The van der Waals surface area contributed by atoms with Gasteiger partial charge in [-0.1, -0.05) is 279 Å². The number of aromatic amines is 1. The summed E-state index contributed by atoms with van der Waals surface area (Å²) in [7, 11) is 0. The van der Waals surface area contributed by atoms with Crippen molar-refractivity contribution in [2.24, 2.45) is 0 Å². The Labute approximate surface area is 757 Å². The molecule has 0 aliphatic carbocycles. The molecule has 8 heterocycles. The molecule has 12 nitrogen and oxygen atoms in total. The van der Waals surface area contributed by atoms with Gasteiger partial charge in [-0.3, -0.25) is 0 Å². The lowest BCUT2D eigenvalue weighted by Crippen LogP contribution is -2.02. The van der Waals surface area contributed by atoms with Crippen LogP contribution in [0.1, 0.15) is 11.1 Å². The van der Waals surface area contributed by atoms with Crippen molar-refractivity contribution < 1.29 is 4.39 Å². The Morgan fingerprint density at radius 1 is 0.244 bits per heavy atom. The van der Waals surface area contributed by atoms with Gasteiger partial charge in [0.15, 0.2) is 34.9 Å². The highest BCUT2D eigenvalue weighted by Crippen LogP contribution is 2.47. The van der Waals surface area contributed by atoms with Crippen LogP contribution in [0.25, 0.3) is 235 Å². The highest BCUT2D eigenvalue weighted by Gasteiger charge is 2.26. The maximum absolute atomic E-state index is 13.9. The molecule has 0 amide bonds. The zero-order valence-corrected chi connectivity index (χ0v) is 71.5. The fourth-order valence-electron chi connectivity index (χ4n) is 18.7. The van der Waals surface area contributed by atoms with Gasteiger partial charge in [0.05, 0.1) is 55.4 Å². The van der Waals surface area contributed by atoms with Gasteiger partial charge < -0.3 is 18.7 Å². The van der Waals surface area contributed by atoms with Gasteiger partial charge in [0.25, 0.3) is 0 Å². The standard InChI is InChI=1S/C58H34N6S.C30H18N2S.C28H17FN4/c59-35-41-33-40(58-61-56(37-16-5-2-6-17-37)60-57(62-58)39-19-13-18-38(32-39)36-14-3-1-4-15-36)26-29-48(41)64-49-23-10-7-20-43(49)45-28-30-51-54(55(45)64)46-22-8-11-24-50(46)63(51)42-27-31-53-47(34-42)44-21-9-12-25-52(44)65-53;1-4-10-24-19(7-1)21-14-15-26-29(30(21)31-24)22-9-2-5-11-25(22)32(26)18-13-16-28-23(17-18)20-8-3-6-12-27(20)33-28;29-25-15-14-23(17-24(25)18-30)28-32-26(20-10-5-2-6-11-20)31-27(33-28)22-13-7-12-21(16-22)19-8-3-1-4-9-19/h1-34H;1-17,31H;1-17H. The second kappa shape index (κ2) is 32.2. The molecule has 1 N–H and O–H groups in total. The third-order valence-electron chi connectivity index (χ3n) is 24.8. The van der Waals surface area contributed by atoms with E-state index in [-0.39, 0.29) is 5.56 Å². The van der Waals surface area contributed by atoms with Gasteiger partial charge >= 0.3 is 0 Å².